The molecule has 2 N–H and O–H groups in total. The van der Waals surface area contributed by atoms with Crippen molar-refractivity contribution in [3.8, 4) is 17.0 Å². The van der Waals surface area contributed by atoms with Gasteiger partial charge in [-0.25, -0.2) is 9.78 Å². The van der Waals surface area contributed by atoms with Gasteiger partial charge in [-0.1, -0.05) is 48.5 Å². The number of ether oxygens (including phenoxy) is 1. The number of benzene rings is 2. The molecule has 2 atom stereocenters. The van der Waals surface area contributed by atoms with Crippen molar-refractivity contribution in [2.24, 2.45) is 0 Å². The Balaban J connectivity index is 1.47. The lowest BCUT2D eigenvalue weighted by Crippen LogP contribution is -2.44. The Kier molecular flexibility index (Phi) is 5.78. The zero-order valence-electron chi connectivity index (χ0n) is 16.3. The summed E-state index contributed by atoms with van der Waals surface area (Å²) in [6, 6.07) is 17.5. The highest BCUT2D eigenvalue weighted by molar-refractivity contribution is 7.16. The molecule has 1 aliphatic rings. The summed E-state index contributed by atoms with van der Waals surface area (Å²) in [5.41, 5.74) is 1.78. The second-order valence-electron chi connectivity index (χ2n) is 7.02. The summed E-state index contributed by atoms with van der Waals surface area (Å²) in [6.07, 6.45) is -1.31. The van der Waals surface area contributed by atoms with Gasteiger partial charge in [0.15, 0.2) is 5.13 Å². The van der Waals surface area contributed by atoms with Crippen LogP contribution in [0.2, 0.25) is 0 Å². The number of aromatic nitrogens is 1. The third kappa shape index (κ3) is 4.34. The first-order valence-electron chi connectivity index (χ1n) is 9.56. The average molecular weight is 423 g/mol. The molecule has 8 heteroatoms. The number of hydrogen-bond donors (Lipinski definition) is 2. The Morgan fingerprint density at radius 3 is 2.50 bits per heavy atom. The Morgan fingerprint density at radius 2 is 1.80 bits per heavy atom. The molecule has 7 nitrogen and oxygen atoms in total. The van der Waals surface area contributed by atoms with Crippen LogP contribution in [0.4, 0.5) is 9.93 Å². The van der Waals surface area contributed by atoms with Crippen molar-refractivity contribution in [2.45, 2.75) is 25.5 Å². The molecule has 0 bridgehead atoms. The van der Waals surface area contributed by atoms with Crippen LogP contribution in [0, 0.1) is 6.92 Å². The summed E-state index contributed by atoms with van der Waals surface area (Å²) in [7, 11) is 0. The first-order chi connectivity index (χ1) is 14.5. The van der Waals surface area contributed by atoms with E-state index in [-0.39, 0.29) is 13.0 Å². The van der Waals surface area contributed by atoms with E-state index in [0.29, 0.717) is 10.9 Å². The SMILES string of the molecule is Cc1sc(NC(=O)[C@@H]2C[C@@H](O)CN2C(=O)Oc2ccccc2)nc1-c1ccccc1. The van der Waals surface area contributed by atoms with E-state index >= 15 is 0 Å². The van der Waals surface area contributed by atoms with Crippen LogP contribution in [0.15, 0.2) is 60.7 Å². The number of anilines is 1. The number of aryl methyl sites for hydroxylation is 1. The fourth-order valence-corrected chi connectivity index (χ4v) is 4.25. The molecular weight excluding hydrogens is 402 g/mol. The zero-order valence-corrected chi connectivity index (χ0v) is 17.1. The number of aliphatic hydroxyl groups excluding tert-OH is 1. The number of likely N-dealkylation sites (tertiary alicyclic amines) is 1. The summed E-state index contributed by atoms with van der Waals surface area (Å²) in [4.78, 5) is 32.2. The first kappa shape index (κ1) is 20.1. The molecule has 2 amide bonds. The highest BCUT2D eigenvalue weighted by Gasteiger charge is 2.40. The second kappa shape index (κ2) is 8.64. The molecule has 30 heavy (non-hydrogen) atoms. The minimum Gasteiger partial charge on any atom is -0.410 e. The second-order valence-corrected chi connectivity index (χ2v) is 8.22. The van der Waals surface area contributed by atoms with Gasteiger partial charge in [-0.2, -0.15) is 0 Å². The lowest BCUT2D eigenvalue weighted by molar-refractivity contribution is -0.119. The van der Waals surface area contributed by atoms with E-state index in [4.69, 9.17) is 4.74 Å². The predicted molar refractivity (Wildman–Crippen MR) is 115 cm³/mol. The monoisotopic (exact) mass is 423 g/mol. The molecule has 2 heterocycles. The normalized spacial score (nSPS) is 18.3. The maximum absolute atomic E-state index is 12.9. The van der Waals surface area contributed by atoms with E-state index in [1.54, 1.807) is 24.3 Å². The molecule has 1 saturated heterocycles. The number of carbonyl (C=O) groups is 2. The molecule has 1 aromatic heterocycles. The van der Waals surface area contributed by atoms with Crippen molar-refractivity contribution in [1.82, 2.24) is 9.88 Å². The van der Waals surface area contributed by atoms with E-state index in [0.717, 1.165) is 16.1 Å². The van der Waals surface area contributed by atoms with Crippen molar-refractivity contribution < 1.29 is 19.4 Å². The van der Waals surface area contributed by atoms with Crippen molar-refractivity contribution >= 4 is 28.5 Å². The van der Waals surface area contributed by atoms with Crippen LogP contribution in [0.1, 0.15) is 11.3 Å². The first-order valence-corrected chi connectivity index (χ1v) is 10.4. The molecule has 0 aliphatic carbocycles. The molecule has 1 fully saturated rings. The molecule has 1 aliphatic heterocycles. The average Bonchev–Trinajstić information content (AvgIpc) is 3.32. The van der Waals surface area contributed by atoms with Crippen LogP contribution in [-0.4, -0.2) is 45.7 Å². The quantitative estimate of drug-likeness (QED) is 0.668. The zero-order chi connectivity index (χ0) is 21.1. The van der Waals surface area contributed by atoms with Crippen LogP contribution in [0.3, 0.4) is 0 Å². The number of β-amino-alcohol motifs (C(OH)–C–C–N with tert-alkyl or cyclic N) is 1. The van der Waals surface area contributed by atoms with E-state index < -0.39 is 24.1 Å². The Hall–Kier alpha value is -3.23. The molecule has 0 spiro atoms. The van der Waals surface area contributed by atoms with Gasteiger partial charge in [0.2, 0.25) is 5.91 Å². The predicted octanol–water partition coefficient (Wildman–Crippen LogP) is 3.69. The number of nitrogens with zero attached hydrogens (tertiary/aromatic N) is 2. The fraction of sp³-hybridized carbons (Fsp3) is 0.227. The number of thiazole rings is 1. The van der Waals surface area contributed by atoms with Crippen LogP contribution < -0.4 is 10.1 Å². The number of carbonyl (C=O) groups excluding carboxylic acids is 2. The Bertz CT molecular complexity index is 1040. The minimum atomic E-state index is -0.833. The summed E-state index contributed by atoms with van der Waals surface area (Å²) in [5.74, 6) is -0.0176. The minimum absolute atomic E-state index is 0.0376. The number of para-hydroxylation sites is 1. The highest BCUT2D eigenvalue weighted by atomic mass is 32.1. The fourth-order valence-electron chi connectivity index (χ4n) is 3.41. The maximum atomic E-state index is 12.9. The van der Waals surface area contributed by atoms with E-state index in [9.17, 15) is 14.7 Å². The summed E-state index contributed by atoms with van der Waals surface area (Å²) in [6.45, 7) is 1.98. The largest absolute Gasteiger partial charge is 0.416 e. The lowest BCUT2D eigenvalue weighted by Gasteiger charge is -2.22. The number of rotatable bonds is 4. The molecule has 0 unspecified atom stereocenters. The van der Waals surface area contributed by atoms with Crippen molar-refractivity contribution in [3.63, 3.8) is 0 Å². The van der Waals surface area contributed by atoms with Gasteiger partial charge in [-0.15, -0.1) is 11.3 Å². The molecule has 3 aromatic rings. The lowest BCUT2D eigenvalue weighted by atomic mass is 10.1. The standard InChI is InChI=1S/C22H21N3O4S/c1-14-19(15-8-4-2-5-9-15)23-21(30-14)24-20(27)18-12-16(26)13-25(18)22(28)29-17-10-6-3-7-11-17/h2-11,16,18,26H,12-13H2,1H3,(H,23,24,27)/t16-,18+/m1/s1. The summed E-state index contributed by atoms with van der Waals surface area (Å²) < 4.78 is 5.34. The topological polar surface area (TPSA) is 91.8 Å². The van der Waals surface area contributed by atoms with Crippen molar-refractivity contribution in [1.29, 1.82) is 0 Å². The smallest absolute Gasteiger partial charge is 0.410 e. The molecule has 2 aromatic carbocycles. The van der Waals surface area contributed by atoms with Crippen LogP contribution in [0.25, 0.3) is 11.3 Å². The molecule has 154 valence electrons. The van der Waals surface area contributed by atoms with Gasteiger partial charge in [0.25, 0.3) is 0 Å². The van der Waals surface area contributed by atoms with E-state index in [1.807, 2.05) is 43.3 Å². The third-order valence-electron chi connectivity index (χ3n) is 4.84. The molecule has 4 rings (SSSR count). The van der Waals surface area contributed by atoms with Crippen LogP contribution in [-0.2, 0) is 4.79 Å². The summed E-state index contributed by atoms with van der Waals surface area (Å²) in [5, 5.41) is 13.3. The molecular formula is C22H21N3O4S. The van der Waals surface area contributed by atoms with Crippen molar-refractivity contribution in [3.05, 3.63) is 65.5 Å². The van der Waals surface area contributed by atoms with E-state index in [2.05, 4.69) is 10.3 Å². The van der Waals surface area contributed by atoms with Crippen molar-refractivity contribution in [2.75, 3.05) is 11.9 Å². The van der Waals surface area contributed by atoms with Gasteiger partial charge in [0.1, 0.15) is 11.8 Å². The number of aliphatic hydroxyl groups is 1. The van der Waals surface area contributed by atoms with Crippen LogP contribution in [0.5, 0.6) is 5.75 Å². The highest BCUT2D eigenvalue weighted by Crippen LogP contribution is 2.31. The number of hydrogen-bond acceptors (Lipinski definition) is 6. The van der Waals surface area contributed by atoms with Gasteiger partial charge in [0.05, 0.1) is 18.3 Å². The summed E-state index contributed by atoms with van der Waals surface area (Å²) >= 11 is 1.37. The van der Waals surface area contributed by atoms with Crippen LogP contribution >= 0.6 is 11.3 Å². The van der Waals surface area contributed by atoms with Gasteiger partial charge in [-0.3, -0.25) is 9.69 Å². The maximum Gasteiger partial charge on any atom is 0.416 e. The molecule has 0 radical (unpaired) electrons. The Labute approximate surface area is 177 Å². The van der Waals surface area contributed by atoms with Gasteiger partial charge in [-0.05, 0) is 19.1 Å². The van der Waals surface area contributed by atoms with Gasteiger partial charge >= 0.3 is 6.09 Å². The van der Waals surface area contributed by atoms with Gasteiger partial charge in [0, 0.05) is 16.9 Å². The molecule has 0 saturated carbocycles. The Morgan fingerprint density at radius 1 is 1.13 bits per heavy atom. The van der Waals surface area contributed by atoms with Gasteiger partial charge < -0.3 is 15.2 Å². The third-order valence-corrected chi connectivity index (χ3v) is 5.72. The number of nitrogens with one attached hydrogen (secondary N) is 1. The number of amides is 2. The van der Waals surface area contributed by atoms with E-state index in [1.165, 1.54) is 16.2 Å².